The highest BCUT2D eigenvalue weighted by Gasteiger charge is 2.09. The number of hydrogen-bond donors (Lipinski definition) is 0. The lowest BCUT2D eigenvalue weighted by molar-refractivity contribution is 0.586. The number of hydrogen-bond acceptors (Lipinski definition) is 2. The van der Waals surface area contributed by atoms with Crippen molar-refractivity contribution in [2.75, 3.05) is 0 Å². The first-order valence-corrected chi connectivity index (χ1v) is 5.07. The topological polar surface area (TPSA) is 25.8 Å². The van der Waals surface area contributed by atoms with Crippen LogP contribution in [0.15, 0.2) is 36.8 Å². The summed E-state index contributed by atoms with van der Waals surface area (Å²) in [7, 11) is 0. The maximum absolute atomic E-state index is 13.4. The van der Waals surface area contributed by atoms with E-state index in [-0.39, 0.29) is 0 Å². The molecule has 2 nitrogen and oxygen atoms in total. The second-order valence-electron chi connectivity index (χ2n) is 2.70. The molecule has 0 aromatic carbocycles. The Kier molecular flexibility index (Phi) is 2.72. The van der Waals surface area contributed by atoms with Crippen molar-refractivity contribution in [2.45, 2.75) is 0 Å². The van der Waals surface area contributed by atoms with Crippen molar-refractivity contribution in [1.29, 1.82) is 0 Å². The summed E-state index contributed by atoms with van der Waals surface area (Å²) in [6, 6.07) is 5.36. The summed E-state index contributed by atoms with van der Waals surface area (Å²) in [6.45, 7) is 0. The van der Waals surface area contributed by atoms with Crippen molar-refractivity contribution in [1.82, 2.24) is 9.97 Å². The molecule has 0 saturated carbocycles. The van der Waals surface area contributed by atoms with Gasteiger partial charge in [-0.05, 0) is 34.7 Å². The van der Waals surface area contributed by atoms with E-state index >= 15 is 0 Å². The van der Waals surface area contributed by atoms with Gasteiger partial charge < -0.3 is 0 Å². The summed E-state index contributed by atoms with van der Waals surface area (Å²) in [4.78, 5) is 7.56. The molecule has 0 N–H and O–H groups in total. The molecule has 2 heterocycles. The predicted molar refractivity (Wildman–Crippen MR) is 60.1 cm³/mol. The zero-order valence-electron chi connectivity index (χ0n) is 7.11. The van der Waals surface area contributed by atoms with Crippen LogP contribution in [0.4, 0.5) is 4.39 Å². The van der Waals surface area contributed by atoms with Crippen LogP contribution in [0.2, 0.25) is 0 Å². The fourth-order valence-corrected chi connectivity index (χ4v) is 1.88. The molecule has 0 bridgehead atoms. The highest BCUT2D eigenvalue weighted by atomic mass is 127. The summed E-state index contributed by atoms with van der Waals surface area (Å²) >= 11 is 2.08. The summed E-state index contributed by atoms with van der Waals surface area (Å²) in [5.41, 5.74) is 1.27. The van der Waals surface area contributed by atoms with E-state index in [1.54, 1.807) is 24.5 Å². The number of halogens is 2. The van der Waals surface area contributed by atoms with Crippen LogP contribution >= 0.6 is 22.6 Å². The highest BCUT2D eigenvalue weighted by molar-refractivity contribution is 14.1. The zero-order valence-corrected chi connectivity index (χ0v) is 9.27. The molecule has 0 atom stereocenters. The molecule has 2 rings (SSSR count). The van der Waals surface area contributed by atoms with E-state index in [1.807, 2.05) is 6.07 Å². The summed E-state index contributed by atoms with van der Waals surface area (Å²) in [5.74, 6) is -0.454. The number of pyridine rings is 2. The van der Waals surface area contributed by atoms with E-state index < -0.39 is 5.95 Å². The zero-order chi connectivity index (χ0) is 9.97. The lowest BCUT2D eigenvalue weighted by atomic mass is 10.1. The first-order valence-electron chi connectivity index (χ1n) is 3.99. The molecule has 0 saturated heterocycles. The number of nitrogens with zero attached hydrogens (tertiary/aromatic N) is 2. The largest absolute Gasteiger partial charge is 0.264 e. The SMILES string of the molecule is Fc1nccc(I)c1-c1cccnc1. The van der Waals surface area contributed by atoms with Gasteiger partial charge >= 0.3 is 0 Å². The van der Waals surface area contributed by atoms with Gasteiger partial charge in [0.2, 0.25) is 5.95 Å². The first-order chi connectivity index (χ1) is 6.79. The van der Waals surface area contributed by atoms with Gasteiger partial charge in [-0.2, -0.15) is 4.39 Å². The van der Waals surface area contributed by atoms with Gasteiger partial charge in [-0.25, -0.2) is 4.98 Å². The molecule has 0 aliphatic carbocycles. The molecule has 2 aromatic rings. The predicted octanol–water partition coefficient (Wildman–Crippen LogP) is 2.89. The van der Waals surface area contributed by atoms with Crippen LogP contribution in [0.3, 0.4) is 0 Å². The van der Waals surface area contributed by atoms with Gasteiger partial charge in [0.25, 0.3) is 0 Å². The maximum atomic E-state index is 13.4. The molecule has 0 unspecified atom stereocenters. The fraction of sp³-hybridized carbons (Fsp3) is 0. The van der Waals surface area contributed by atoms with Gasteiger partial charge in [-0.15, -0.1) is 0 Å². The van der Waals surface area contributed by atoms with Crippen LogP contribution in [-0.4, -0.2) is 9.97 Å². The van der Waals surface area contributed by atoms with Gasteiger partial charge in [0.15, 0.2) is 0 Å². The summed E-state index contributed by atoms with van der Waals surface area (Å²) < 4.78 is 14.2. The van der Waals surface area contributed by atoms with E-state index in [1.165, 1.54) is 6.20 Å². The van der Waals surface area contributed by atoms with Crippen LogP contribution < -0.4 is 0 Å². The molecule has 70 valence electrons. The summed E-state index contributed by atoms with van der Waals surface area (Å²) in [5, 5.41) is 0. The number of rotatable bonds is 1. The molecule has 0 aliphatic rings. The highest BCUT2D eigenvalue weighted by Crippen LogP contribution is 2.25. The Morgan fingerprint density at radius 1 is 1.21 bits per heavy atom. The third kappa shape index (κ3) is 1.75. The van der Waals surface area contributed by atoms with E-state index in [9.17, 15) is 4.39 Å². The molecule has 2 aromatic heterocycles. The summed E-state index contributed by atoms with van der Waals surface area (Å²) in [6.07, 6.45) is 4.74. The van der Waals surface area contributed by atoms with Gasteiger partial charge in [0.05, 0.1) is 5.56 Å². The maximum Gasteiger partial charge on any atom is 0.221 e. The molecule has 0 aliphatic heterocycles. The second-order valence-corrected chi connectivity index (χ2v) is 3.86. The number of aromatic nitrogens is 2. The quantitative estimate of drug-likeness (QED) is 0.598. The molecule has 14 heavy (non-hydrogen) atoms. The molecule has 0 radical (unpaired) electrons. The van der Waals surface area contributed by atoms with Crippen LogP contribution in [0, 0.1) is 9.52 Å². The van der Waals surface area contributed by atoms with Crippen molar-refractivity contribution < 1.29 is 4.39 Å². The smallest absolute Gasteiger partial charge is 0.221 e. The van der Waals surface area contributed by atoms with Crippen molar-refractivity contribution in [2.24, 2.45) is 0 Å². The molecule has 0 fully saturated rings. The van der Waals surface area contributed by atoms with Crippen LogP contribution in [0.25, 0.3) is 11.1 Å². The Hall–Kier alpha value is -1.04. The minimum absolute atomic E-state index is 0.454. The first kappa shape index (κ1) is 9.51. The Balaban J connectivity index is 2.63. The molecule has 0 amide bonds. The Labute approximate surface area is 94.4 Å². The van der Waals surface area contributed by atoms with Crippen molar-refractivity contribution in [3.05, 3.63) is 46.3 Å². The Morgan fingerprint density at radius 3 is 2.71 bits per heavy atom. The van der Waals surface area contributed by atoms with Crippen molar-refractivity contribution >= 4 is 22.6 Å². The van der Waals surface area contributed by atoms with Gasteiger partial charge in [-0.1, -0.05) is 6.07 Å². The van der Waals surface area contributed by atoms with Gasteiger partial charge in [0.1, 0.15) is 0 Å². The average molecular weight is 300 g/mol. The van der Waals surface area contributed by atoms with Crippen LogP contribution in [0.5, 0.6) is 0 Å². The third-order valence-corrected chi connectivity index (χ3v) is 2.70. The average Bonchev–Trinajstić information content (AvgIpc) is 2.19. The second kappa shape index (κ2) is 4.00. The van der Waals surface area contributed by atoms with Gasteiger partial charge in [0, 0.05) is 27.7 Å². The van der Waals surface area contributed by atoms with Crippen molar-refractivity contribution in [3.63, 3.8) is 0 Å². The minimum atomic E-state index is -0.454. The lowest BCUT2D eigenvalue weighted by Crippen LogP contribution is -1.92. The molecule has 0 spiro atoms. The Morgan fingerprint density at radius 2 is 2.07 bits per heavy atom. The molecule has 4 heteroatoms. The molecular weight excluding hydrogens is 294 g/mol. The monoisotopic (exact) mass is 300 g/mol. The van der Waals surface area contributed by atoms with E-state index in [0.29, 0.717) is 5.56 Å². The van der Waals surface area contributed by atoms with Crippen molar-refractivity contribution in [3.8, 4) is 11.1 Å². The standard InChI is InChI=1S/C10H6FIN2/c11-10-9(8(12)3-5-14-10)7-2-1-4-13-6-7/h1-6H. The third-order valence-electron chi connectivity index (χ3n) is 1.80. The van der Waals surface area contributed by atoms with Crippen LogP contribution in [0.1, 0.15) is 0 Å². The molecular formula is C10H6FIN2. The Bertz CT molecular complexity index is 425. The van der Waals surface area contributed by atoms with E-state index in [2.05, 4.69) is 32.6 Å². The van der Waals surface area contributed by atoms with Gasteiger partial charge in [-0.3, -0.25) is 4.98 Å². The lowest BCUT2D eigenvalue weighted by Gasteiger charge is -2.03. The van der Waals surface area contributed by atoms with E-state index in [4.69, 9.17) is 0 Å². The fourth-order valence-electron chi connectivity index (χ4n) is 1.18. The minimum Gasteiger partial charge on any atom is -0.264 e. The van der Waals surface area contributed by atoms with Crippen LogP contribution in [-0.2, 0) is 0 Å². The normalized spacial score (nSPS) is 10.1. The van der Waals surface area contributed by atoms with E-state index in [0.717, 1.165) is 9.13 Å².